The Kier molecular flexibility index (Phi) is 4.54. The summed E-state index contributed by atoms with van der Waals surface area (Å²) < 4.78 is 13.7. The minimum Gasteiger partial charge on any atom is -0.409 e. The molecule has 0 aliphatic heterocycles. The molecule has 0 spiro atoms. The van der Waals surface area contributed by atoms with E-state index in [1.807, 2.05) is 0 Å². The van der Waals surface area contributed by atoms with E-state index in [0.29, 0.717) is 15.7 Å². The van der Waals surface area contributed by atoms with Crippen molar-refractivity contribution in [3.8, 4) is 0 Å². The van der Waals surface area contributed by atoms with E-state index in [9.17, 15) is 9.18 Å². The Labute approximate surface area is 128 Å². The quantitative estimate of drug-likeness (QED) is 0.344. The van der Waals surface area contributed by atoms with Gasteiger partial charge in [0, 0.05) is 15.7 Å². The number of nitrogens with two attached hydrogens (primary N) is 1. The van der Waals surface area contributed by atoms with E-state index in [1.165, 1.54) is 12.1 Å². The Morgan fingerprint density at radius 3 is 2.52 bits per heavy atom. The van der Waals surface area contributed by atoms with Crippen LogP contribution in [0.25, 0.3) is 0 Å². The van der Waals surface area contributed by atoms with Gasteiger partial charge in [-0.15, -0.1) is 0 Å². The Bertz CT molecular complexity index is 702. The van der Waals surface area contributed by atoms with E-state index in [-0.39, 0.29) is 11.4 Å². The number of anilines is 1. The third-order valence-electron chi connectivity index (χ3n) is 2.72. The van der Waals surface area contributed by atoms with Crippen LogP contribution in [0.4, 0.5) is 10.1 Å². The van der Waals surface area contributed by atoms with Gasteiger partial charge in [-0.2, -0.15) is 0 Å². The third-order valence-corrected chi connectivity index (χ3v) is 3.41. The number of nitrogens with one attached hydrogen (secondary N) is 1. The van der Waals surface area contributed by atoms with Gasteiger partial charge in [0.05, 0.1) is 5.56 Å². The van der Waals surface area contributed by atoms with Crippen LogP contribution in [0.5, 0.6) is 0 Å². The number of hydrogen-bond acceptors (Lipinski definition) is 3. The largest absolute Gasteiger partial charge is 0.409 e. The highest BCUT2D eigenvalue weighted by Gasteiger charge is 2.11. The third kappa shape index (κ3) is 3.57. The zero-order valence-electron chi connectivity index (χ0n) is 10.7. The zero-order valence-corrected chi connectivity index (χ0v) is 12.3. The van der Waals surface area contributed by atoms with Gasteiger partial charge in [-0.05, 0) is 58.4 Å². The molecule has 5 nitrogen and oxygen atoms in total. The molecule has 0 saturated carbocycles. The maximum absolute atomic E-state index is 13.2. The zero-order chi connectivity index (χ0) is 15.4. The lowest BCUT2D eigenvalue weighted by atomic mass is 10.1. The van der Waals surface area contributed by atoms with E-state index in [1.54, 1.807) is 24.3 Å². The predicted molar refractivity (Wildman–Crippen MR) is 81.0 cm³/mol. The minimum absolute atomic E-state index is 0.0271. The van der Waals surface area contributed by atoms with Gasteiger partial charge in [0.25, 0.3) is 5.91 Å². The second-order valence-corrected chi connectivity index (χ2v) is 5.00. The number of carbonyl (C=O) groups excluding carboxylic acids is 1. The van der Waals surface area contributed by atoms with Crippen LogP contribution in [0, 0.1) is 5.82 Å². The normalized spacial score (nSPS) is 11.2. The highest BCUT2D eigenvalue weighted by Crippen LogP contribution is 2.19. The van der Waals surface area contributed by atoms with Crippen molar-refractivity contribution in [1.29, 1.82) is 0 Å². The van der Waals surface area contributed by atoms with Crippen molar-refractivity contribution in [2.24, 2.45) is 10.9 Å². The van der Waals surface area contributed by atoms with Crippen LogP contribution in [0.1, 0.15) is 15.9 Å². The maximum atomic E-state index is 13.2. The molecule has 0 fully saturated rings. The Morgan fingerprint density at radius 1 is 1.24 bits per heavy atom. The molecule has 2 aromatic carbocycles. The summed E-state index contributed by atoms with van der Waals surface area (Å²) >= 11 is 3.20. The molecular weight excluding hydrogens is 341 g/mol. The molecule has 2 aromatic rings. The first kappa shape index (κ1) is 15.0. The number of halogens is 2. The maximum Gasteiger partial charge on any atom is 0.256 e. The predicted octanol–water partition coefficient (Wildman–Crippen LogP) is 2.94. The minimum atomic E-state index is -0.495. The molecule has 7 heteroatoms. The van der Waals surface area contributed by atoms with E-state index in [4.69, 9.17) is 10.9 Å². The second kappa shape index (κ2) is 6.36. The van der Waals surface area contributed by atoms with Crippen LogP contribution >= 0.6 is 15.9 Å². The summed E-state index contributed by atoms with van der Waals surface area (Å²) in [4.78, 5) is 12.1. The fourth-order valence-corrected chi connectivity index (χ4v) is 2.08. The lowest BCUT2D eigenvalue weighted by Gasteiger charge is -2.08. The molecule has 0 radical (unpaired) electrons. The van der Waals surface area contributed by atoms with Crippen LogP contribution in [-0.4, -0.2) is 17.0 Å². The lowest BCUT2D eigenvalue weighted by Crippen LogP contribution is -2.14. The molecule has 21 heavy (non-hydrogen) atoms. The van der Waals surface area contributed by atoms with Crippen LogP contribution < -0.4 is 11.1 Å². The Balaban J connectivity index is 2.18. The summed E-state index contributed by atoms with van der Waals surface area (Å²) in [6.07, 6.45) is 0. The SMILES string of the molecule is N/C(=N/O)c1ccc(NC(=O)c2cc(F)ccc2Br)cc1. The highest BCUT2D eigenvalue weighted by atomic mass is 79.9. The van der Waals surface area contributed by atoms with Gasteiger partial charge in [-0.1, -0.05) is 5.16 Å². The van der Waals surface area contributed by atoms with Crippen LogP contribution in [0.2, 0.25) is 0 Å². The molecular formula is C14H11BrFN3O2. The van der Waals surface area contributed by atoms with Gasteiger partial charge < -0.3 is 16.3 Å². The van der Waals surface area contributed by atoms with Crippen LogP contribution in [0.3, 0.4) is 0 Å². The first-order valence-corrected chi connectivity index (χ1v) is 6.65. The van der Waals surface area contributed by atoms with Crippen molar-refractivity contribution in [1.82, 2.24) is 0 Å². The number of rotatable bonds is 3. The van der Waals surface area contributed by atoms with Gasteiger partial charge >= 0.3 is 0 Å². The smallest absolute Gasteiger partial charge is 0.256 e. The molecule has 0 atom stereocenters. The van der Waals surface area contributed by atoms with E-state index >= 15 is 0 Å². The summed E-state index contributed by atoms with van der Waals surface area (Å²) in [5.74, 6) is -0.968. The van der Waals surface area contributed by atoms with Crippen molar-refractivity contribution < 1.29 is 14.4 Å². The van der Waals surface area contributed by atoms with Crippen LogP contribution in [0.15, 0.2) is 52.1 Å². The average molecular weight is 352 g/mol. The standard InChI is InChI=1S/C14H11BrFN3O2/c15-12-6-3-9(16)7-11(12)14(20)18-10-4-1-8(2-5-10)13(17)19-21/h1-7,21H,(H2,17,19)(H,18,20). The number of amides is 1. The van der Waals surface area contributed by atoms with E-state index < -0.39 is 11.7 Å². The average Bonchev–Trinajstić information content (AvgIpc) is 2.49. The molecule has 0 aliphatic carbocycles. The molecule has 0 aliphatic rings. The molecule has 4 N–H and O–H groups in total. The first-order valence-electron chi connectivity index (χ1n) is 5.85. The first-order chi connectivity index (χ1) is 10.0. The highest BCUT2D eigenvalue weighted by molar-refractivity contribution is 9.10. The second-order valence-electron chi connectivity index (χ2n) is 4.14. The van der Waals surface area contributed by atoms with Crippen molar-refractivity contribution in [3.63, 3.8) is 0 Å². The van der Waals surface area contributed by atoms with Crippen molar-refractivity contribution >= 4 is 33.4 Å². The number of hydrogen-bond donors (Lipinski definition) is 3. The topological polar surface area (TPSA) is 87.7 Å². The Hall–Kier alpha value is -2.41. The van der Waals surface area contributed by atoms with Gasteiger partial charge in [0.1, 0.15) is 5.82 Å². The monoisotopic (exact) mass is 351 g/mol. The van der Waals surface area contributed by atoms with Crippen LogP contribution in [-0.2, 0) is 0 Å². The molecule has 0 bridgehead atoms. The molecule has 0 heterocycles. The van der Waals surface area contributed by atoms with E-state index in [0.717, 1.165) is 6.07 Å². The lowest BCUT2D eigenvalue weighted by molar-refractivity contribution is 0.102. The van der Waals surface area contributed by atoms with Gasteiger partial charge in [-0.3, -0.25) is 4.79 Å². The van der Waals surface area contributed by atoms with Crippen molar-refractivity contribution in [2.45, 2.75) is 0 Å². The number of oxime groups is 1. The van der Waals surface area contributed by atoms with Gasteiger partial charge in [0.15, 0.2) is 5.84 Å². The Morgan fingerprint density at radius 2 is 1.90 bits per heavy atom. The van der Waals surface area contributed by atoms with E-state index in [2.05, 4.69) is 26.4 Å². The molecule has 0 saturated heterocycles. The number of carbonyl (C=O) groups is 1. The fourth-order valence-electron chi connectivity index (χ4n) is 1.65. The number of benzene rings is 2. The summed E-state index contributed by atoms with van der Waals surface area (Å²) in [5.41, 5.74) is 6.65. The summed E-state index contributed by atoms with van der Waals surface area (Å²) in [6, 6.07) is 10.2. The molecule has 1 amide bonds. The van der Waals surface area contributed by atoms with Gasteiger partial charge in [0.2, 0.25) is 0 Å². The summed E-state index contributed by atoms with van der Waals surface area (Å²) in [6.45, 7) is 0. The number of amidine groups is 1. The number of nitrogens with zero attached hydrogens (tertiary/aromatic N) is 1. The summed E-state index contributed by atoms with van der Waals surface area (Å²) in [5, 5.41) is 14.1. The summed E-state index contributed by atoms with van der Waals surface area (Å²) in [7, 11) is 0. The molecule has 0 aromatic heterocycles. The van der Waals surface area contributed by atoms with Crippen molar-refractivity contribution in [3.05, 3.63) is 63.9 Å². The molecule has 2 rings (SSSR count). The van der Waals surface area contributed by atoms with Crippen molar-refractivity contribution in [2.75, 3.05) is 5.32 Å². The molecule has 108 valence electrons. The van der Waals surface area contributed by atoms with Gasteiger partial charge in [-0.25, -0.2) is 4.39 Å². The fraction of sp³-hybridized carbons (Fsp3) is 0. The molecule has 0 unspecified atom stereocenters.